The van der Waals surface area contributed by atoms with E-state index in [9.17, 15) is 4.79 Å². The molecule has 1 saturated heterocycles. The molecule has 1 aromatic rings. The topological polar surface area (TPSA) is 72.1 Å². The highest BCUT2D eigenvalue weighted by molar-refractivity contribution is 6.33. The van der Waals surface area contributed by atoms with Crippen LogP contribution in [-0.2, 0) is 0 Å². The molecule has 0 aliphatic carbocycles. The normalized spacial score (nSPS) is 24.1. The molecule has 1 aliphatic rings. The van der Waals surface area contributed by atoms with Gasteiger partial charge in [-0.3, -0.25) is 4.79 Å². The first kappa shape index (κ1) is 12.3. The van der Waals surface area contributed by atoms with Crippen molar-refractivity contribution in [1.82, 2.24) is 14.9 Å². The molecule has 1 aliphatic heterocycles. The Bertz CT molecular complexity index is 426. The summed E-state index contributed by atoms with van der Waals surface area (Å²) in [4.78, 5) is 21.7. The number of rotatable bonds is 2. The zero-order chi connectivity index (χ0) is 12.4. The van der Waals surface area contributed by atoms with Crippen LogP contribution >= 0.6 is 11.6 Å². The zero-order valence-corrected chi connectivity index (χ0v) is 10.4. The summed E-state index contributed by atoms with van der Waals surface area (Å²) in [6.07, 6.45) is 3.70. The zero-order valence-electron chi connectivity index (χ0n) is 9.64. The van der Waals surface area contributed by atoms with Crippen LogP contribution in [-0.4, -0.2) is 39.9 Å². The molecule has 6 heteroatoms. The van der Waals surface area contributed by atoms with Gasteiger partial charge in [-0.2, -0.15) is 0 Å². The van der Waals surface area contributed by atoms with E-state index in [4.69, 9.17) is 17.3 Å². The molecule has 0 aromatic carbocycles. The van der Waals surface area contributed by atoms with Crippen molar-refractivity contribution in [3.05, 3.63) is 23.2 Å². The van der Waals surface area contributed by atoms with Crippen LogP contribution in [0.2, 0.25) is 5.02 Å². The number of nitrogens with zero attached hydrogens (tertiary/aromatic N) is 3. The van der Waals surface area contributed by atoms with Crippen molar-refractivity contribution in [3.8, 4) is 0 Å². The Labute approximate surface area is 105 Å². The van der Waals surface area contributed by atoms with Crippen LogP contribution < -0.4 is 5.73 Å². The summed E-state index contributed by atoms with van der Waals surface area (Å²) < 4.78 is 0. The summed E-state index contributed by atoms with van der Waals surface area (Å²) in [7, 11) is 0. The maximum absolute atomic E-state index is 12.3. The van der Waals surface area contributed by atoms with Crippen LogP contribution in [0.3, 0.4) is 0 Å². The minimum atomic E-state index is -0.138. The second kappa shape index (κ2) is 4.98. The summed E-state index contributed by atoms with van der Waals surface area (Å²) in [6, 6.07) is 0.182. The Morgan fingerprint density at radius 2 is 2.47 bits per heavy atom. The van der Waals surface area contributed by atoms with Crippen molar-refractivity contribution in [2.75, 3.05) is 13.1 Å². The van der Waals surface area contributed by atoms with Crippen molar-refractivity contribution >= 4 is 17.5 Å². The smallest absolute Gasteiger partial charge is 0.274 e. The van der Waals surface area contributed by atoms with Crippen molar-refractivity contribution in [2.45, 2.75) is 19.4 Å². The molecule has 1 amide bonds. The Morgan fingerprint density at radius 3 is 3.06 bits per heavy atom. The van der Waals surface area contributed by atoms with Gasteiger partial charge in [-0.15, -0.1) is 0 Å². The van der Waals surface area contributed by atoms with Gasteiger partial charge in [0, 0.05) is 18.8 Å². The summed E-state index contributed by atoms with van der Waals surface area (Å²) in [6.45, 7) is 3.30. The Kier molecular flexibility index (Phi) is 3.59. The summed E-state index contributed by atoms with van der Waals surface area (Å²) in [5.74, 6) is 0.232. The molecular weight excluding hydrogens is 240 g/mol. The Morgan fingerprint density at radius 1 is 1.71 bits per heavy atom. The highest BCUT2D eigenvalue weighted by Crippen LogP contribution is 2.25. The predicted molar refractivity (Wildman–Crippen MR) is 64.7 cm³/mol. The number of aromatic nitrogens is 2. The van der Waals surface area contributed by atoms with Crippen molar-refractivity contribution in [2.24, 2.45) is 11.7 Å². The number of amides is 1. The maximum atomic E-state index is 12.3. The minimum absolute atomic E-state index is 0.138. The fourth-order valence-electron chi connectivity index (χ4n) is 2.20. The number of likely N-dealkylation sites (tertiary alicyclic amines) is 1. The predicted octanol–water partition coefficient (Wildman–Crippen LogP) is 0.939. The largest absolute Gasteiger partial charge is 0.334 e. The lowest BCUT2D eigenvalue weighted by molar-refractivity contribution is 0.0737. The molecule has 2 rings (SSSR count). The van der Waals surface area contributed by atoms with Crippen LogP contribution in [0, 0.1) is 5.92 Å². The van der Waals surface area contributed by atoms with Gasteiger partial charge in [0.05, 0.1) is 5.02 Å². The lowest BCUT2D eigenvalue weighted by Gasteiger charge is -2.21. The summed E-state index contributed by atoms with van der Waals surface area (Å²) in [5, 5.41) is 0.292. The Balaban J connectivity index is 2.19. The summed E-state index contributed by atoms with van der Waals surface area (Å²) >= 11 is 5.92. The molecule has 17 heavy (non-hydrogen) atoms. The van der Waals surface area contributed by atoms with Crippen molar-refractivity contribution < 1.29 is 4.79 Å². The summed E-state index contributed by atoms with van der Waals surface area (Å²) in [5.41, 5.74) is 5.91. The number of hydrogen-bond acceptors (Lipinski definition) is 4. The average Bonchev–Trinajstić information content (AvgIpc) is 2.70. The first-order valence-electron chi connectivity index (χ1n) is 5.60. The van der Waals surface area contributed by atoms with E-state index in [1.54, 1.807) is 4.90 Å². The van der Waals surface area contributed by atoms with E-state index in [0.717, 1.165) is 6.42 Å². The number of nitrogens with two attached hydrogens (primary N) is 1. The van der Waals surface area contributed by atoms with Gasteiger partial charge in [0.25, 0.3) is 5.91 Å². The molecule has 0 radical (unpaired) electrons. The van der Waals surface area contributed by atoms with Gasteiger partial charge in [-0.05, 0) is 25.8 Å². The van der Waals surface area contributed by atoms with Gasteiger partial charge in [-0.25, -0.2) is 9.97 Å². The fraction of sp³-hybridized carbons (Fsp3) is 0.545. The lowest BCUT2D eigenvalue weighted by atomic mass is 10.1. The average molecular weight is 255 g/mol. The van der Waals surface area contributed by atoms with Gasteiger partial charge in [0.1, 0.15) is 12.0 Å². The molecule has 1 aromatic heterocycles. The van der Waals surface area contributed by atoms with Gasteiger partial charge in [0.2, 0.25) is 0 Å². The van der Waals surface area contributed by atoms with E-state index in [0.29, 0.717) is 24.0 Å². The highest BCUT2D eigenvalue weighted by atomic mass is 35.5. The first-order chi connectivity index (χ1) is 8.13. The van der Waals surface area contributed by atoms with E-state index in [-0.39, 0.29) is 17.6 Å². The van der Waals surface area contributed by atoms with E-state index in [1.807, 2.05) is 6.92 Å². The van der Waals surface area contributed by atoms with E-state index in [1.165, 1.54) is 12.5 Å². The number of carbonyl (C=O) groups is 1. The molecular formula is C11H15ClN4O. The Hall–Kier alpha value is -1.20. The third-order valence-electron chi connectivity index (χ3n) is 3.13. The van der Waals surface area contributed by atoms with E-state index >= 15 is 0 Å². The van der Waals surface area contributed by atoms with Crippen LogP contribution in [0.25, 0.3) is 0 Å². The fourth-order valence-corrected chi connectivity index (χ4v) is 2.39. The third-order valence-corrected chi connectivity index (χ3v) is 3.40. The maximum Gasteiger partial charge on any atom is 0.274 e. The molecule has 92 valence electrons. The standard InChI is InChI=1S/C11H15ClN4O/c1-7-2-8(3-13)5-16(7)11(17)10-9(12)4-14-6-15-10/h4,6-8H,2-3,5,13H2,1H3. The number of hydrogen-bond donors (Lipinski definition) is 1. The van der Waals surface area contributed by atoms with Gasteiger partial charge in [-0.1, -0.05) is 11.6 Å². The van der Waals surface area contributed by atoms with Crippen LogP contribution in [0.1, 0.15) is 23.8 Å². The van der Waals surface area contributed by atoms with Crippen LogP contribution in [0.5, 0.6) is 0 Å². The molecule has 2 N–H and O–H groups in total. The van der Waals surface area contributed by atoms with Crippen LogP contribution in [0.15, 0.2) is 12.5 Å². The van der Waals surface area contributed by atoms with Crippen molar-refractivity contribution in [1.29, 1.82) is 0 Å². The quantitative estimate of drug-likeness (QED) is 0.853. The minimum Gasteiger partial charge on any atom is -0.334 e. The second-order valence-corrected chi connectivity index (χ2v) is 4.77. The van der Waals surface area contributed by atoms with E-state index < -0.39 is 0 Å². The number of halogens is 1. The SMILES string of the molecule is CC1CC(CN)CN1C(=O)c1ncncc1Cl. The number of carbonyl (C=O) groups excluding carboxylic acids is 1. The van der Waals surface area contributed by atoms with Gasteiger partial charge in [0.15, 0.2) is 0 Å². The van der Waals surface area contributed by atoms with Gasteiger partial charge < -0.3 is 10.6 Å². The molecule has 1 fully saturated rings. The molecule has 2 unspecified atom stereocenters. The molecule has 2 atom stereocenters. The van der Waals surface area contributed by atoms with Crippen molar-refractivity contribution in [3.63, 3.8) is 0 Å². The third kappa shape index (κ3) is 2.40. The molecule has 0 saturated carbocycles. The monoisotopic (exact) mass is 254 g/mol. The lowest BCUT2D eigenvalue weighted by Crippen LogP contribution is -2.35. The molecule has 0 bridgehead atoms. The molecule has 0 spiro atoms. The van der Waals surface area contributed by atoms with E-state index in [2.05, 4.69) is 9.97 Å². The van der Waals surface area contributed by atoms with Crippen LogP contribution in [0.4, 0.5) is 0 Å². The van der Waals surface area contributed by atoms with Gasteiger partial charge >= 0.3 is 0 Å². The highest BCUT2D eigenvalue weighted by Gasteiger charge is 2.33. The second-order valence-electron chi connectivity index (χ2n) is 4.36. The first-order valence-corrected chi connectivity index (χ1v) is 5.97. The molecule has 2 heterocycles. The molecule has 5 nitrogen and oxygen atoms in total.